The molecule has 6 nitrogen and oxygen atoms in total. The number of carbonyl (C=O) groups excluding carboxylic acids is 2. The molecular weight excluding hydrogens is 272 g/mol. The highest BCUT2D eigenvalue weighted by Gasteiger charge is 2.39. The van der Waals surface area contributed by atoms with Crippen molar-refractivity contribution >= 4 is 17.8 Å². The van der Waals surface area contributed by atoms with Crippen molar-refractivity contribution < 1.29 is 19.5 Å². The highest BCUT2D eigenvalue weighted by molar-refractivity contribution is 5.92. The summed E-state index contributed by atoms with van der Waals surface area (Å²) in [6, 6.07) is -1.43. The number of hydrogen-bond acceptors (Lipinski definition) is 3. The minimum atomic E-state index is -1.03. The Labute approximate surface area is 125 Å². The minimum absolute atomic E-state index is 0.0671. The number of likely N-dealkylation sites (tertiary alicyclic amines) is 1. The van der Waals surface area contributed by atoms with Crippen LogP contribution in [0.5, 0.6) is 0 Å². The lowest BCUT2D eigenvalue weighted by Gasteiger charge is -2.30. The van der Waals surface area contributed by atoms with Crippen molar-refractivity contribution in [2.45, 2.75) is 65.5 Å². The Morgan fingerprint density at radius 1 is 1.33 bits per heavy atom. The average Bonchev–Trinajstić information content (AvgIpc) is 2.84. The average molecular weight is 298 g/mol. The third-order valence-corrected chi connectivity index (χ3v) is 3.65. The molecule has 2 amide bonds. The lowest BCUT2D eigenvalue weighted by molar-refractivity contribution is -0.146. The van der Waals surface area contributed by atoms with Crippen molar-refractivity contribution in [2.75, 3.05) is 6.54 Å². The van der Waals surface area contributed by atoms with E-state index in [0.29, 0.717) is 25.8 Å². The highest BCUT2D eigenvalue weighted by Crippen LogP contribution is 2.25. The second-order valence-electron chi connectivity index (χ2n) is 6.59. The number of aliphatic carboxylic acids is 1. The molecule has 0 aromatic carbocycles. The first-order valence-electron chi connectivity index (χ1n) is 7.52. The summed E-state index contributed by atoms with van der Waals surface area (Å²) in [6.45, 7) is 7.88. The zero-order valence-electron chi connectivity index (χ0n) is 13.3. The summed E-state index contributed by atoms with van der Waals surface area (Å²) in [6.07, 6.45) is 2.42. The standard InChI is InChI=1S/C15H26N2O4/c1-5-7-10(13(19)20)16-12(18)11-8-6-9-17(11)14(21)15(2,3)4/h10-11H,5-9H2,1-4H3,(H,16,18)(H,19,20)/t10-,11?/m0/s1. The van der Waals surface area contributed by atoms with Gasteiger partial charge in [0.1, 0.15) is 12.1 Å². The molecule has 21 heavy (non-hydrogen) atoms. The number of carboxylic acids is 1. The van der Waals surface area contributed by atoms with Crippen molar-refractivity contribution in [3.8, 4) is 0 Å². The van der Waals surface area contributed by atoms with E-state index in [0.717, 1.165) is 6.42 Å². The maximum Gasteiger partial charge on any atom is 0.326 e. The van der Waals surface area contributed by atoms with Gasteiger partial charge >= 0.3 is 5.97 Å². The first-order valence-corrected chi connectivity index (χ1v) is 7.52. The van der Waals surface area contributed by atoms with E-state index in [2.05, 4.69) is 5.32 Å². The largest absolute Gasteiger partial charge is 0.480 e. The number of nitrogens with one attached hydrogen (secondary N) is 1. The Hall–Kier alpha value is -1.59. The fraction of sp³-hybridized carbons (Fsp3) is 0.800. The molecule has 0 aromatic heterocycles. The van der Waals surface area contributed by atoms with Crippen molar-refractivity contribution in [1.29, 1.82) is 0 Å². The van der Waals surface area contributed by atoms with Crippen LogP contribution in [0.1, 0.15) is 53.4 Å². The fourth-order valence-electron chi connectivity index (χ4n) is 2.53. The zero-order valence-corrected chi connectivity index (χ0v) is 13.3. The molecule has 1 rings (SSSR count). The summed E-state index contributed by atoms with van der Waals surface area (Å²) in [4.78, 5) is 37.4. The van der Waals surface area contributed by atoms with Crippen molar-refractivity contribution in [2.24, 2.45) is 5.41 Å². The summed E-state index contributed by atoms with van der Waals surface area (Å²) in [5.74, 6) is -1.45. The number of hydrogen-bond donors (Lipinski definition) is 2. The second-order valence-corrected chi connectivity index (χ2v) is 6.59. The fourth-order valence-corrected chi connectivity index (χ4v) is 2.53. The molecule has 1 aliphatic rings. The number of carboxylic acid groups (broad SMARTS) is 1. The van der Waals surface area contributed by atoms with Crippen LogP contribution in [0.3, 0.4) is 0 Å². The van der Waals surface area contributed by atoms with Gasteiger partial charge in [0.15, 0.2) is 0 Å². The second kappa shape index (κ2) is 6.91. The number of carbonyl (C=O) groups is 3. The monoisotopic (exact) mass is 298 g/mol. The normalized spacial score (nSPS) is 20.2. The van der Waals surface area contributed by atoms with Gasteiger partial charge in [-0.15, -0.1) is 0 Å². The van der Waals surface area contributed by atoms with Crippen LogP contribution in [0.2, 0.25) is 0 Å². The molecule has 1 aliphatic heterocycles. The molecule has 0 spiro atoms. The van der Waals surface area contributed by atoms with Crippen LogP contribution in [0, 0.1) is 5.41 Å². The lowest BCUT2D eigenvalue weighted by Crippen LogP contribution is -2.52. The topological polar surface area (TPSA) is 86.7 Å². The van der Waals surface area contributed by atoms with Gasteiger partial charge in [-0.3, -0.25) is 9.59 Å². The summed E-state index contributed by atoms with van der Waals surface area (Å²) >= 11 is 0. The molecule has 2 N–H and O–H groups in total. The molecule has 0 aliphatic carbocycles. The molecule has 1 unspecified atom stereocenters. The minimum Gasteiger partial charge on any atom is -0.480 e. The molecular formula is C15H26N2O4. The van der Waals surface area contributed by atoms with E-state index in [1.165, 1.54) is 0 Å². The van der Waals surface area contributed by atoms with Gasteiger partial charge in [-0.2, -0.15) is 0 Å². The number of rotatable bonds is 5. The molecule has 0 aromatic rings. The first-order chi connectivity index (χ1) is 9.68. The van der Waals surface area contributed by atoms with E-state index in [1.54, 1.807) is 4.90 Å². The van der Waals surface area contributed by atoms with Gasteiger partial charge in [-0.1, -0.05) is 34.1 Å². The molecule has 120 valence electrons. The van der Waals surface area contributed by atoms with Crippen molar-refractivity contribution in [1.82, 2.24) is 10.2 Å². The third-order valence-electron chi connectivity index (χ3n) is 3.65. The maximum absolute atomic E-state index is 12.4. The van der Waals surface area contributed by atoms with Crippen LogP contribution >= 0.6 is 0 Å². The van der Waals surface area contributed by atoms with Gasteiger partial charge in [-0.05, 0) is 19.3 Å². The molecule has 1 fully saturated rings. The van der Waals surface area contributed by atoms with Gasteiger partial charge in [0.2, 0.25) is 11.8 Å². The quantitative estimate of drug-likeness (QED) is 0.803. The van der Waals surface area contributed by atoms with Crippen molar-refractivity contribution in [3.05, 3.63) is 0 Å². The van der Waals surface area contributed by atoms with E-state index in [-0.39, 0.29) is 11.8 Å². The molecule has 2 atom stereocenters. The van der Waals surface area contributed by atoms with Crippen LogP contribution in [0.25, 0.3) is 0 Å². The maximum atomic E-state index is 12.4. The van der Waals surface area contributed by atoms with Gasteiger partial charge in [0.25, 0.3) is 0 Å². The van der Waals surface area contributed by atoms with Gasteiger partial charge in [0.05, 0.1) is 0 Å². The van der Waals surface area contributed by atoms with Crippen LogP contribution in [-0.4, -0.2) is 46.4 Å². The first kappa shape index (κ1) is 17.5. The molecule has 1 heterocycles. The van der Waals surface area contributed by atoms with Crippen LogP contribution in [0.4, 0.5) is 0 Å². The zero-order chi connectivity index (χ0) is 16.2. The van der Waals surface area contributed by atoms with E-state index >= 15 is 0 Å². The Morgan fingerprint density at radius 2 is 1.95 bits per heavy atom. The van der Waals surface area contributed by atoms with E-state index in [9.17, 15) is 14.4 Å². The predicted octanol–water partition coefficient (Wildman–Crippen LogP) is 1.39. The highest BCUT2D eigenvalue weighted by atomic mass is 16.4. The Bertz CT molecular complexity index is 414. The molecule has 0 radical (unpaired) electrons. The Balaban J connectivity index is 2.76. The molecule has 0 bridgehead atoms. The summed E-state index contributed by atoms with van der Waals surface area (Å²) in [5, 5.41) is 11.7. The van der Waals surface area contributed by atoms with E-state index in [4.69, 9.17) is 5.11 Å². The van der Waals surface area contributed by atoms with E-state index < -0.39 is 23.5 Å². The van der Waals surface area contributed by atoms with E-state index in [1.807, 2.05) is 27.7 Å². The number of amides is 2. The third kappa shape index (κ3) is 4.44. The summed E-state index contributed by atoms with van der Waals surface area (Å²) in [5.41, 5.74) is -0.543. The molecule has 1 saturated heterocycles. The van der Waals surface area contributed by atoms with Crippen LogP contribution < -0.4 is 5.32 Å². The predicted molar refractivity (Wildman–Crippen MR) is 78.7 cm³/mol. The SMILES string of the molecule is CCC[C@H](NC(=O)C1CCCN1C(=O)C(C)(C)C)C(=O)O. The van der Waals surface area contributed by atoms with Gasteiger partial charge < -0.3 is 15.3 Å². The Morgan fingerprint density at radius 3 is 2.43 bits per heavy atom. The van der Waals surface area contributed by atoms with Crippen molar-refractivity contribution in [3.63, 3.8) is 0 Å². The lowest BCUT2D eigenvalue weighted by atomic mass is 9.94. The molecule has 0 saturated carbocycles. The van der Waals surface area contributed by atoms with Gasteiger partial charge in [-0.25, -0.2) is 4.79 Å². The van der Waals surface area contributed by atoms with Crippen LogP contribution in [-0.2, 0) is 14.4 Å². The smallest absolute Gasteiger partial charge is 0.326 e. The summed E-state index contributed by atoms with van der Waals surface area (Å²) in [7, 11) is 0. The number of nitrogens with zero attached hydrogens (tertiary/aromatic N) is 1. The Kier molecular flexibility index (Phi) is 5.75. The van der Waals surface area contributed by atoms with Gasteiger partial charge in [0, 0.05) is 12.0 Å². The van der Waals surface area contributed by atoms with Crippen LogP contribution in [0.15, 0.2) is 0 Å². The molecule has 6 heteroatoms. The summed E-state index contributed by atoms with van der Waals surface area (Å²) < 4.78 is 0.